The second kappa shape index (κ2) is 5.32. The van der Waals surface area contributed by atoms with E-state index < -0.39 is 5.60 Å². The third-order valence-electron chi connectivity index (χ3n) is 3.17. The van der Waals surface area contributed by atoms with Crippen molar-refractivity contribution in [2.24, 2.45) is 0 Å². The molecule has 1 fully saturated rings. The van der Waals surface area contributed by atoms with Gasteiger partial charge >= 0.3 is 5.97 Å². The van der Waals surface area contributed by atoms with Gasteiger partial charge in [0.15, 0.2) is 5.60 Å². The Bertz CT molecular complexity index is 368. The molecular formula is C14H18O3. The average molecular weight is 234 g/mol. The molecule has 0 aliphatic heterocycles. The van der Waals surface area contributed by atoms with Gasteiger partial charge in [-0.2, -0.15) is 0 Å². The van der Waals surface area contributed by atoms with E-state index in [0.717, 1.165) is 24.8 Å². The molecule has 0 aromatic heterocycles. The van der Waals surface area contributed by atoms with E-state index >= 15 is 0 Å². The van der Waals surface area contributed by atoms with Crippen molar-refractivity contribution in [2.75, 3.05) is 6.61 Å². The first-order valence-electron chi connectivity index (χ1n) is 6.12. The van der Waals surface area contributed by atoms with Gasteiger partial charge in [-0.05, 0) is 31.7 Å². The molecule has 92 valence electrons. The Morgan fingerprint density at radius 1 is 1.29 bits per heavy atom. The summed E-state index contributed by atoms with van der Waals surface area (Å²) < 4.78 is 10.9. The SMILES string of the molecule is CCOC(=O)C1(OCc2ccccc2)CCC1. The molecule has 0 amide bonds. The minimum absolute atomic E-state index is 0.206. The van der Waals surface area contributed by atoms with E-state index in [1.165, 1.54) is 0 Å². The zero-order valence-electron chi connectivity index (χ0n) is 10.1. The molecule has 1 aromatic rings. The highest BCUT2D eigenvalue weighted by atomic mass is 16.6. The first-order valence-corrected chi connectivity index (χ1v) is 6.12. The van der Waals surface area contributed by atoms with Gasteiger partial charge < -0.3 is 9.47 Å². The van der Waals surface area contributed by atoms with E-state index in [4.69, 9.17) is 9.47 Å². The molecule has 0 saturated heterocycles. The van der Waals surface area contributed by atoms with Crippen LogP contribution in [0.3, 0.4) is 0 Å². The number of carbonyl (C=O) groups is 1. The Morgan fingerprint density at radius 3 is 2.53 bits per heavy atom. The fourth-order valence-corrected chi connectivity index (χ4v) is 1.96. The van der Waals surface area contributed by atoms with Crippen LogP contribution in [0.15, 0.2) is 30.3 Å². The van der Waals surface area contributed by atoms with Crippen LogP contribution in [0.25, 0.3) is 0 Å². The van der Waals surface area contributed by atoms with Gasteiger partial charge in [0.1, 0.15) is 0 Å². The van der Waals surface area contributed by atoms with Crippen LogP contribution in [0.1, 0.15) is 31.7 Å². The monoisotopic (exact) mass is 234 g/mol. The second-order valence-corrected chi connectivity index (χ2v) is 4.34. The summed E-state index contributed by atoms with van der Waals surface area (Å²) in [6.07, 6.45) is 2.59. The molecule has 0 unspecified atom stereocenters. The lowest BCUT2D eigenvalue weighted by atomic mass is 9.80. The largest absolute Gasteiger partial charge is 0.464 e. The molecule has 0 N–H and O–H groups in total. The van der Waals surface area contributed by atoms with E-state index in [1.54, 1.807) is 0 Å². The molecule has 0 bridgehead atoms. The molecule has 1 aliphatic rings. The fraction of sp³-hybridized carbons (Fsp3) is 0.500. The van der Waals surface area contributed by atoms with Crippen LogP contribution in [0.5, 0.6) is 0 Å². The number of benzene rings is 1. The number of hydrogen-bond donors (Lipinski definition) is 0. The van der Waals surface area contributed by atoms with Crippen molar-refractivity contribution >= 4 is 5.97 Å². The molecule has 0 radical (unpaired) electrons. The summed E-state index contributed by atoms with van der Waals surface area (Å²) in [4.78, 5) is 11.8. The van der Waals surface area contributed by atoms with Gasteiger partial charge in [-0.3, -0.25) is 0 Å². The third-order valence-corrected chi connectivity index (χ3v) is 3.17. The lowest BCUT2D eigenvalue weighted by Gasteiger charge is -2.38. The lowest BCUT2D eigenvalue weighted by molar-refractivity contribution is -0.187. The summed E-state index contributed by atoms with van der Waals surface area (Å²) in [5.74, 6) is -0.206. The third kappa shape index (κ3) is 2.67. The zero-order chi connectivity index (χ0) is 12.1. The van der Waals surface area contributed by atoms with Gasteiger partial charge in [0.25, 0.3) is 0 Å². The maximum Gasteiger partial charge on any atom is 0.338 e. The van der Waals surface area contributed by atoms with Gasteiger partial charge in [0.2, 0.25) is 0 Å². The average Bonchev–Trinajstić information content (AvgIpc) is 2.29. The van der Waals surface area contributed by atoms with Crippen molar-refractivity contribution < 1.29 is 14.3 Å². The molecule has 1 aliphatic carbocycles. The standard InChI is InChI=1S/C14H18O3/c1-2-16-13(15)14(9-6-10-14)17-11-12-7-4-3-5-8-12/h3-5,7-8H,2,6,9-11H2,1H3. The number of esters is 1. The molecule has 1 aromatic carbocycles. The Balaban J connectivity index is 1.94. The van der Waals surface area contributed by atoms with Crippen LogP contribution in [0.4, 0.5) is 0 Å². The highest BCUT2D eigenvalue weighted by molar-refractivity contribution is 5.80. The Labute approximate surface area is 102 Å². The van der Waals surface area contributed by atoms with E-state index in [9.17, 15) is 4.79 Å². The fourth-order valence-electron chi connectivity index (χ4n) is 1.96. The highest BCUT2D eigenvalue weighted by Crippen LogP contribution is 2.37. The van der Waals surface area contributed by atoms with E-state index in [2.05, 4.69) is 0 Å². The van der Waals surface area contributed by atoms with Gasteiger partial charge in [-0.1, -0.05) is 30.3 Å². The maximum atomic E-state index is 11.8. The smallest absolute Gasteiger partial charge is 0.338 e. The normalized spacial score (nSPS) is 17.2. The molecule has 0 spiro atoms. The Morgan fingerprint density at radius 2 is 2.00 bits per heavy atom. The first-order chi connectivity index (χ1) is 8.27. The Kier molecular flexibility index (Phi) is 3.79. The summed E-state index contributed by atoms with van der Waals surface area (Å²) >= 11 is 0. The number of hydrogen-bond acceptors (Lipinski definition) is 3. The highest BCUT2D eigenvalue weighted by Gasteiger charge is 2.46. The zero-order valence-corrected chi connectivity index (χ0v) is 10.1. The molecule has 17 heavy (non-hydrogen) atoms. The second-order valence-electron chi connectivity index (χ2n) is 4.34. The van der Waals surface area contributed by atoms with Gasteiger partial charge in [-0.25, -0.2) is 4.79 Å². The maximum absolute atomic E-state index is 11.8. The summed E-state index contributed by atoms with van der Waals surface area (Å²) in [5, 5.41) is 0. The first kappa shape index (κ1) is 12.1. The topological polar surface area (TPSA) is 35.5 Å². The van der Waals surface area contributed by atoms with E-state index in [1.807, 2.05) is 37.3 Å². The number of carbonyl (C=O) groups excluding carboxylic acids is 1. The summed E-state index contributed by atoms with van der Waals surface area (Å²) in [6, 6.07) is 9.90. The van der Waals surface area contributed by atoms with Crippen molar-refractivity contribution in [1.29, 1.82) is 0 Å². The molecule has 0 heterocycles. The molecule has 3 nitrogen and oxygen atoms in total. The van der Waals surface area contributed by atoms with Crippen molar-refractivity contribution in [1.82, 2.24) is 0 Å². The van der Waals surface area contributed by atoms with Crippen LogP contribution in [0, 0.1) is 0 Å². The molecule has 0 atom stereocenters. The molecular weight excluding hydrogens is 216 g/mol. The quantitative estimate of drug-likeness (QED) is 0.735. The Hall–Kier alpha value is -1.35. The van der Waals surface area contributed by atoms with Gasteiger partial charge in [0, 0.05) is 0 Å². The summed E-state index contributed by atoms with van der Waals surface area (Å²) in [7, 11) is 0. The minimum atomic E-state index is -0.675. The number of ether oxygens (including phenoxy) is 2. The van der Waals surface area contributed by atoms with Crippen LogP contribution in [-0.2, 0) is 20.9 Å². The van der Waals surface area contributed by atoms with Crippen molar-refractivity contribution in [3.8, 4) is 0 Å². The van der Waals surface area contributed by atoms with E-state index in [0.29, 0.717) is 13.2 Å². The summed E-state index contributed by atoms with van der Waals surface area (Å²) in [5.41, 5.74) is 0.411. The lowest BCUT2D eigenvalue weighted by Crippen LogP contribution is -2.48. The predicted molar refractivity (Wildman–Crippen MR) is 64.4 cm³/mol. The van der Waals surface area contributed by atoms with Crippen LogP contribution < -0.4 is 0 Å². The van der Waals surface area contributed by atoms with Crippen LogP contribution in [0.2, 0.25) is 0 Å². The van der Waals surface area contributed by atoms with E-state index in [-0.39, 0.29) is 5.97 Å². The molecule has 3 heteroatoms. The predicted octanol–water partition coefficient (Wildman–Crippen LogP) is 2.69. The van der Waals surface area contributed by atoms with Crippen LogP contribution >= 0.6 is 0 Å². The minimum Gasteiger partial charge on any atom is -0.464 e. The van der Waals surface area contributed by atoms with Crippen molar-refractivity contribution in [3.63, 3.8) is 0 Å². The van der Waals surface area contributed by atoms with Crippen molar-refractivity contribution in [3.05, 3.63) is 35.9 Å². The van der Waals surface area contributed by atoms with Crippen molar-refractivity contribution in [2.45, 2.75) is 38.4 Å². The van der Waals surface area contributed by atoms with Gasteiger partial charge in [-0.15, -0.1) is 0 Å². The number of rotatable bonds is 5. The molecule has 2 rings (SSSR count). The molecule has 1 saturated carbocycles. The van der Waals surface area contributed by atoms with Gasteiger partial charge in [0.05, 0.1) is 13.2 Å². The summed E-state index contributed by atoms with van der Waals surface area (Å²) in [6.45, 7) is 2.70. The van der Waals surface area contributed by atoms with Crippen LogP contribution in [-0.4, -0.2) is 18.2 Å².